The molecule has 10 heteroatoms. The molecular weight excluding hydrogens is 432 g/mol. The first-order valence-corrected chi connectivity index (χ1v) is 12.1. The summed E-state index contributed by atoms with van der Waals surface area (Å²) in [4.78, 5) is 21.7. The molecule has 0 saturated carbocycles. The van der Waals surface area contributed by atoms with Crippen molar-refractivity contribution in [2.45, 2.75) is 57.5 Å². The van der Waals surface area contributed by atoms with E-state index in [1.54, 1.807) is 6.20 Å². The number of carbonyl (C=O) groups is 1. The Hall–Kier alpha value is -3.14. The Morgan fingerprint density at radius 2 is 2.00 bits per heavy atom. The molecule has 2 aliphatic rings. The van der Waals surface area contributed by atoms with Crippen molar-refractivity contribution in [3.8, 4) is 0 Å². The van der Waals surface area contributed by atoms with E-state index in [-0.39, 0.29) is 23.5 Å². The second kappa shape index (κ2) is 8.90. The number of ether oxygens (including phenoxy) is 1. The number of fused-ring (bicyclic) bond motifs is 1. The van der Waals surface area contributed by atoms with Crippen molar-refractivity contribution < 1.29 is 9.53 Å². The summed E-state index contributed by atoms with van der Waals surface area (Å²) >= 11 is 0. The summed E-state index contributed by atoms with van der Waals surface area (Å²) in [5.41, 5.74) is 2.92. The van der Waals surface area contributed by atoms with Crippen molar-refractivity contribution in [3.05, 3.63) is 30.2 Å². The highest BCUT2D eigenvalue weighted by Crippen LogP contribution is 2.31. The standard InChI is InChI=1S/C24H34N8O2/c1-24(2,3)20-12-21(29-32(20)18-7-10-34-15-18)27-23(33)30(4)17-5-8-31(9-6-17)19-11-16-13-26-28-22(16)25-14-19/h11-14,17-18H,5-10,15H2,1-4H3,(H,25,26,28)(H,27,29,33)/t18-/m1/s1. The number of rotatable bonds is 4. The molecular formula is C24H34N8O2. The van der Waals surface area contributed by atoms with Crippen molar-refractivity contribution in [1.29, 1.82) is 0 Å². The molecule has 3 aromatic heterocycles. The number of hydrogen-bond acceptors (Lipinski definition) is 6. The fourth-order valence-electron chi connectivity index (χ4n) is 4.88. The number of anilines is 2. The Kier molecular flexibility index (Phi) is 5.93. The summed E-state index contributed by atoms with van der Waals surface area (Å²) in [6.45, 7) is 9.67. The van der Waals surface area contributed by atoms with Gasteiger partial charge in [-0.2, -0.15) is 10.2 Å². The van der Waals surface area contributed by atoms with Crippen LogP contribution in [0.25, 0.3) is 11.0 Å². The molecule has 2 amide bonds. The topological polar surface area (TPSA) is 104 Å². The van der Waals surface area contributed by atoms with Crippen molar-refractivity contribution in [3.63, 3.8) is 0 Å². The van der Waals surface area contributed by atoms with E-state index in [4.69, 9.17) is 9.84 Å². The number of aromatic amines is 1. The molecule has 0 spiro atoms. The predicted molar refractivity (Wildman–Crippen MR) is 131 cm³/mol. The second-order valence-electron chi connectivity index (χ2n) is 10.4. The number of aromatic nitrogens is 5. The molecule has 5 rings (SSSR count). The van der Waals surface area contributed by atoms with E-state index in [2.05, 4.69) is 52.2 Å². The highest BCUT2D eigenvalue weighted by Gasteiger charge is 2.30. The Balaban J connectivity index is 1.22. The van der Waals surface area contributed by atoms with Crippen LogP contribution in [0.15, 0.2) is 24.5 Å². The average molecular weight is 467 g/mol. The van der Waals surface area contributed by atoms with Gasteiger partial charge in [-0.15, -0.1) is 0 Å². The van der Waals surface area contributed by atoms with Crippen LogP contribution >= 0.6 is 0 Å². The number of urea groups is 1. The van der Waals surface area contributed by atoms with E-state index < -0.39 is 0 Å². The van der Waals surface area contributed by atoms with E-state index >= 15 is 0 Å². The van der Waals surface area contributed by atoms with Crippen LogP contribution in [0.2, 0.25) is 0 Å². The van der Waals surface area contributed by atoms with Crippen molar-refractivity contribution in [2.75, 3.05) is 43.6 Å². The number of nitrogens with one attached hydrogen (secondary N) is 2. The highest BCUT2D eigenvalue weighted by atomic mass is 16.5. The molecule has 0 aliphatic carbocycles. The predicted octanol–water partition coefficient (Wildman–Crippen LogP) is 3.55. The quantitative estimate of drug-likeness (QED) is 0.609. The third-order valence-electron chi connectivity index (χ3n) is 6.97. The lowest BCUT2D eigenvalue weighted by molar-refractivity contribution is 0.183. The maximum Gasteiger partial charge on any atom is 0.323 e. The monoisotopic (exact) mass is 466 g/mol. The van der Waals surface area contributed by atoms with Gasteiger partial charge in [0.25, 0.3) is 0 Å². The molecule has 2 N–H and O–H groups in total. The number of hydrogen-bond donors (Lipinski definition) is 2. The van der Waals surface area contributed by atoms with Crippen LogP contribution in [-0.2, 0) is 10.2 Å². The first kappa shape index (κ1) is 22.6. The Morgan fingerprint density at radius 1 is 1.21 bits per heavy atom. The molecule has 3 aromatic rings. The van der Waals surface area contributed by atoms with Crippen LogP contribution in [0, 0.1) is 0 Å². The van der Waals surface area contributed by atoms with Gasteiger partial charge in [0, 0.05) is 55.3 Å². The van der Waals surface area contributed by atoms with Gasteiger partial charge < -0.3 is 14.5 Å². The molecule has 0 bridgehead atoms. The van der Waals surface area contributed by atoms with Crippen LogP contribution in [0.5, 0.6) is 0 Å². The number of H-pyrrole nitrogens is 1. The first-order valence-electron chi connectivity index (χ1n) is 12.1. The molecule has 34 heavy (non-hydrogen) atoms. The van der Waals surface area contributed by atoms with E-state index in [1.165, 1.54) is 0 Å². The van der Waals surface area contributed by atoms with Crippen molar-refractivity contribution in [1.82, 2.24) is 29.9 Å². The largest absolute Gasteiger partial charge is 0.379 e. The molecule has 10 nitrogen and oxygen atoms in total. The molecule has 2 aliphatic heterocycles. The lowest BCUT2D eigenvalue weighted by Crippen LogP contribution is -2.47. The van der Waals surface area contributed by atoms with Crippen LogP contribution in [0.1, 0.15) is 51.8 Å². The Morgan fingerprint density at radius 3 is 2.71 bits per heavy atom. The van der Waals surface area contributed by atoms with Gasteiger partial charge in [-0.25, -0.2) is 9.78 Å². The zero-order valence-corrected chi connectivity index (χ0v) is 20.4. The SMILES string of the molecule is CN(C(=O)Nc1cc(C(C)(C)C)n([C@@H]2CCOC2)n1)C1CCN(c2cnc3[nH]ncc3c2)CC1. The fraction of sp³-hybridized carbons (Fsp3) is 0.583. The normalized spacial score (nSPS) is 19.6. The van der Waals surface area contributed by atoms with Crippen LogP contribution in [0.3, 0.4) is 0 Å². The highest BCUT2D eigenvalue weighted by molar-refractivity contribution is 5.88. The van der Waals surface area contributed by atoms with Gasteiger partial charge in [-0.3, -0.25) is 15.1 Å². The number of pyridine rings is 1. The van der Waals surface area contributed by atoms with Crippen LogP contribution in [-0.4, -0.2) is 75.3 Å². The zero-order chi connectivity index (χ0) is 23.9. The maximum absolute atomic E-state index is 13.1. The summed E-state index contributed by atoms with van der Waals surface area (Å²) in [6, 6.07) is 4.40. The van der Waals surface area contributed by atoms with Gasteiger partial charge in [0.05, 0.1) is 30.7 Å². The van der Waals surface area contributed by atoms with Crippen LogP contribution in [0.4, 0.5) is 16.3 Å². The summed E-state index contributed by atoms with van der Waals surface area (Å²) < 4.78 is 7.62. The summed E-state index contributed by atoms with van der Waals surface area (Å²) in [5.74, 6) is 0.602. The molecule has 5 heterocycles. The molecule has 0 unspecified atom stereocenters. The minimum absolute atomic E-state index is 0.0777. The van der Waals surface area contributed by atoms with Gasteiger partial charge in [0.15, 0.2) is 11.5 Å². The van der Waals surface area contributed by atoms with E-state index in [9.17, 15) is 4.79 Å². The average Bonchev–Trinajstić information content (AvgIpc) is 3.58. The van der Waals surface area contributed by atoms with Crippen LogP contribution < -0.4 is 10.2 Å². The molecule has 0 radical (unpaired) electrons. The molecule has 1 atom stereocenters. The molecule has 0 aromatic carbocycles. The summed E-state index contributed by atoms with van der Waals surface area (Å²) in [5, 5.41) is 15.7. The third kappa shape index (κ3) is 4.46. The van der Waals surface area contributed by atoms with E-state index in [1.807, 2.05) is 28.9 Å². The Labute approximate surface area is 199 Å². The second-order valence-corrected chi connectivity index (χ2v) is 10.4. The van der Waals surface area contributed by atoms with Crippen molar-refractivity contribution in [2.24, 2.45) is 0 Å². The minimum atomic E-state index is -0.118. The van der Waals surface area contributed by atoms with E-state index in [0.29, 0.717) is 12.4 Å². The van der Waals surface area contributed by atoms with Gasteiger partial charge in [-0.05, 0) is 25.3 Å². The van der Waals surface area contributed by atoms with Gasteiger partial charge in [0.2, 0.25) is 0 Å². The third-order valence-corrected chi connectivity index (χ3v) is 6.97. The van der Waals surface area contributed by atoms with Gasteiger partial charge in [-0.1, -0.05) is 20.8 Å². The number of carbonyl (C=O) groups excluding carboxylic acids is 1. The minimum Gasteiger partial charge on any atom is -0.379 e. The number of amides is 2. The fourth-order valence-corrected chi connectivity index (χ4v) is 4.88. The Bertz CT molecular complexity index is 1150. The number of piperidine rings is 1. The lowest BCUT2D eigenvalue weighted by Gasteiger charge is -2.37. The van der Waals surface area contributed by atoms with Gasteiger partial charge >= 0.3 is 6.03 Å². The lowest BCUT2D eigenvalue weighted by atomic mass is 9.91. The first-order chi connectivity index (χ1) is 16.3. The number of nitrogens with zero attached hydrogens (tertiary/aromatic N) is 6. The zero-order valence-electron chi connectivity index (χ0n) is 20.4. The van der Waals surface area contributed by atoms with Crippen molar-refractivity contribution >= 4 is 28.6 Å². The summed E-state index contributed by atoms with van der Waals surface area (Å²) in [6.07, 6.45) is 6.42. The molecule has 2 saturated heterocycles. The molecule has 2 fully saturated rings. The maximum atomic E-state index is 13.1. The smallest absolute Gasteiger partial charge is 0.323 e. The van der Waals surface area contributed by atoms with E-state index in [0.717, 1.165) is 61.4 Å². The summed E-state index contributed by atoms with van der Waals surface area (Å²) in [7, 11) is 1.88. The van der Waals surface area contributed by atoms with Gasteiger partial charge in [0.1, 0.15) is 0 Å². The molecule has 182 valence electrons.